The average Bonchev–Trinajstić information content (AvgIpc) is 2.23. The topological polar surface area (TPSA) is 34.1 Å². The molecule has 0 amide bonds. The number of pyridine rings is 1. The Morgan fingerprint density at radius 2 is 2.11 bits per heavy atom. The lowest BCUT2D eigenvalue weighted by atomic mass is 9.89. The van der Waals surface area contributed by atoms with Crippen molar-refractivity contribution >= 4 is 21.7 Å². The van der Waals surface area contributed by atoms with Gasteiger partial charge in [-0.3, -0.25) is 0 Å². The molecule has 1 saturated carbocycles. The van der Waals surface area contributed by atoms with E-state index in [1.807, 2.05) is 0 Å². The summed E-state index contributed by atoms with van der Waals surface area (Å²) in [7, 11) is 1.60. The molecular formula is C11H12BrF3N2O. The molecule has 0 spiro atoms. The van der Waals surface area contributed by atoms with Crippen molar-refractivity contribution in [2.24, 2.45) is 0 Å². The van der Waals surface area contributed by atoms with E-state index in [4.69, 9.17) is 4.74 Å². The third-order valence-electron chi connectivity index (χ3n) is 2.93. The molecule has 2 rings (SSSR count). The minimum Gasteiger partial charge on any atom is -0.381 e. The number of nitrogens with one attached hydrogen (secondary N) is 1. The van der Waals surface area contributed by atoms with E-state index in [0.717, 1.165) is 6.07 Å². The minimum absolute atomic E-state index is 0.00951. The lowest BCUT2D eigenvalue weighted by Crippen LogP contribution is -2.40. The quantitative estimate of drug-likeness (QED) is 0.924. The van der Waals surface area contributed by atoms with E-state index >= 15 is 0 Å². The fraction of sp³-hybridized carbons (Fsp3) is 0.545. The van der Waals surface area contributed by atoms with Crippen molar-refractivity contribution in [1.29, 1.82) is 0 Å². The van der Waals surface area contributed by atoms with Crippen molar-refractivity contribution in [2.45, 2.75) is 31.2 Å². The average molecular weight is 325 g/mol. The summed E-state index contributed by atoms with van der Waals surface area (Å²) in [4.78, 5) is 3.80. The summed E-state index contributed by atoms with van der Waals surface area (Å²) in [6.45, 7) is 0. The molecule has 0 bridgehead atoms. The standard InChI is InChI=1S/C11H12BrF3N2O/c1-18-8-3-7(4-8)17-10-9(11(13,14)15)2-6(12)5-16-10/h2,5,7-8H,3-4H2,1H3,(H,16,17). The number of alkyl halides is 3. The molecule has 100 valence electrons. The van der Waals surface area contributed by atoms with E-state index in [1.165, 1.54) is 6.20 Å². The zero-order valence-corrected chi connectivity index (χ0v) is 11.2. The Labute approximate surface area is 111 Å². The van der Waals surface area contributed by atoms with E-state index in [1.54, 1.807) is 7.11 Å². The first kappa shape index (κ1) is 13.6. The molecule has 18 heavy (non-hydrogen) atoms. The van der Waals surface area contributed by atoms with E-state index in [-0.39, 0.29) is 18.0 Å². The molecule has 0 aliphatic heterocycles. The first-order valence-electron chi connectivity index (χ1n) is 5.42. The van der Waals surface area contributed by atoms with Crippen LogP contribution in [0.15, 0.2) is 16.7 Å². The highest BCUT2D eigenvalue weighted by molar-refractivity contribution is 9.10. The summed E-state index contributed by atoms with van der Waals surface area (Å²) in [5.41, 5.74) is -0.752. The van der Waals surface area contributed by atoms with Gasteiger partial charge in [0.15, 0.2) is 0 Å². The van der Waals surface area contributed by atoms with Crippen molar-refractivity contribution in [3.8, 4) is 0 Å². The Hall–Kier alpha value is -0.820. The Bertz CT molecular complexity index is 433. The van der Waals surface area contributed by atoms with Crippen molar-refractivity contribution in [3.05, 3.63) is 22.3 Å². The van der Waals surface area contributed by atoms with Gasteiger partial charge in [0.1, 0.15) is 5.82 Å². The lowest BCUT2D eigenvalue weighted by Gasteiger charge is -2.35. The second kappa shape index (κ2) is 5.05. The van der Waals surface area contributed by atoms with Crippen LogP contribution in [0.4, 0.5) is 19.0 Å². The van der Waals surface area contributed by atoms with Gasteiger partial charge >= 0.3 is 6.18 Å². The van der Waals surface area contributed by atoms with Gasteiger partial charge in [-0.15, -0.1) is 0 Å². The van der Waals surface area contributed by atoms with Gasteiger partial charge in [0.25, 0.3) is 0 Å². The molecule has 1 aliphatic rings. The zero-order chi connectivity index (χ0) is 13.3. The highest BCUT2D eigenvalue weighted by Gasteiger charge is 2.37. The number of methoxy groups -OCH3 is 1. The van der Waals surface area contributed by atoms with E-state index < -0.39 is 11.7 Å². The molecule has 0 saturated heterocycles. The second-order valence-electron chi connectivity index (χ2n) is 4.22. The van der Waals surface area contributed by atoms with Crippen LogP contribution in [0.5, 0.6) is 0 Å². The van der Waals surface area contributed by atoms with Gasteiger partial charge in [-0.25, -0.2) is 4.98 Å². The van der Waals surface area contributed by atoms with Gasteiger partial charge in [0, 0.05) is 23.8 Å². The number of nitrogens with zero attached hydrogens (tertiary/aromatic N) is 1. The van der Waals surface area contributed by atoms with Crippen LogP contribution in [0, 0.1) is 0 Å². The van der Waals surface area contributed by atoms with Crippen LogP contribution < -0.4 is 5.32 Å². The maximum absolute atomic E-state index is 12.8. The molecule has 0 atom stereocenters. The third-order valence-corrected chi connectivity index (χ3v) is 3.36. The number of hydrogen-bond acceptors (Lipinski definition) is 3. The Kier molecular flexibility index (Phi) is 3.82. The maximum Gasteiger partial charge on any atom is 0.419 e. The van der Waals surface area contributed by atoms with Crippen LogP contribution in [0.2, 0.25) is 0 Å². The number of ether oxygens (including phenoxy) is 1. The summed E-state index contributed by atoms with van der Waals surface area (Å²) in [5, 5.41) is 2.81. The third kappa shape index (κ3) is 2.95. The van der Waals surface area contributed by atoms with Crippen LogP contribution in [-0.2, 0) is 10.9 Å². The van der Waals surface area contributed by atoms with Crippen molar-refractivity contribution in [2.75, 3.05) is 12.4 Å². The molecule has 1 fully saturated rings. The molecule has 0 unspecified atom stereocenters. The number of hydrogen-bond donors (Lipinski definition) is 1. The molecule has 1 aliphatic carbocycles. The molecule has 3 nitrogen and oxygen atoms in total. The summed E-state index contributed by atoms with van der Waals surface area (Å²) < 4.78 is 43.8. The zero-order valence-electron chi connectivity index (χ0n) is 9.59. The first-order chi connectivity index (χ1) is 8.40. The number of halogens is 4. The monoisotopic (exact) mass is 324 g/mol. The molecule has 0 radical (unpaired) electrons. The normalized spacial score (nSPS) is 23.6. The SMILES string of the molecule is COC1CC(Nc2ncc(Br)cc2C(F)(F)F)C1. The smallest absolute Gasteiger partial charge is 0.381 e. The van der Waals surface area contributed by atoms with E-state index in [2.05, 4.69) is 26.2 Å². The Balaban J connectivity index is 2.13. The van der Waals surface area contributed by atoms with Crippen molar-refractivity contribution in [3.63, 3.8) is 0 Å². The van der Waals surface area contributed by atoms with Gasteiger partial charge in [0.2, 0.25) is 0 Å². The van der Waals surface area contributed by atoms with Crippen LogP contribution in [0.1, 0.15) is 18.4 Å². The minimum atomic E-state index is -4.41. The van der Waals surface area contributed by atoms with Gasteiger partial charge in [-0.05, 0) is 34.8 Å². The summed E-state index contributed by atoms with van der Waals surface area (Å²) >= 11 is 3.00. The lowest BCUT2D eigenvalue weighted by molar-refractivity contribution is -0.137. The largest absolute Gasteiger partial charge is 0.419 e. The number of rotatable bonds is 3. The molecule has 1 N–H and O–H groups in total. The highest BCUT2D eigenvalue weighted by atomic mass is 79.9. The fourth-order valence-corrected chi connectivity index (χ4v) is 2.17. The highest BCUT2D eigenvalue weighted by Crippen LogP contribution is 2.37. The van der Waals surface area contributed by atoms with E-state index in [0.29, 0.717) is 17.3 Å². The van der Waals surface area contributed by atoms with Crippen LogP contribution >= 0.6 is 15.9 Å². The number of anilines is 1. The first-order valence-corrected chi connectivity index (χ1v) is 6.21. The molecule has 0 aromatic carbocycles. The van der Waals surface area contributed by atoms with Gasteiger partial charge in [-0.2, -0.15) is 13.2 Å². The summed E-state index contributed by atoms with van der Waals surface area (Å²) in [6, 6.07) is 1.02. The summed E-state index contributed by atoms with van der Waals surface area (Å²) in [5.74, 6) is -0.120. The second-order valence-corrected chi connectivity index (χ2v) is 5.13. The van der Waals surface area contributed by atoms with Crippen LogP contribution in [0.3, 0.4) is 0 Å². The predicted octanol–water partition coefficient (Wildman–Crippen LogP) is 3.45. The predicted molar refractivity (Wildman–Crippen MR) is 64.4 cm³/mol. The Morgan fingerprint density at radius 3 is 2.67 bits per heavy atom. The van der Waals surface area contributed by atoms with Crippen LogP contribution in [-0.4, -0.2) is 24.2 Å². The van der Waals surface area contributed by atoms with Crippen LogP contribution in [0.25, 0.3) is 0 Å². The van der Waals surface area contributed by atoms with Gasteiger partial charge in [0.05, 0.1) is 11.7 Å². The molecule has 1 heterocycles. The Morgan fingerprint density at radius 1 is 1.44 bits per heavy atom. The molecule has 1 aromatic heterocycles. The van der Waals surface area contributed by atoms with Gasteiger partial charge < -0.3 is 10.1 Å². The van der Waals surface area contributed by atoms with Crippen molar-refractivity contribution in [1.82, 2.24) is 4.98 Å². The molecular weight excluding hydrogens is 313 g/mol. The fourth-order valence-electron chi connectivity index (χ4n) is 1.84. The maximum atomic E-state index is 12.8. The number of aromatic nitrogens is 1. The molecule has 7 heteroatoms. The van der Waals surface area contributed by atoms with Crippen molar-refractivity contribution < 1.29 is 17.9 Å². The summed E-state index contributed by atoms with van der Waals surface area (Å²) in [6.07, 6.45) is -1.53. The van der Waals surface area contributed by atoms with Gasteiger partial charge in [-0.1, -0.05) is 0 Å². The molecule has 1 aromatic rings. The van der Waals surface area contributed by atoms with E-state index in [9.17, 15) is 13.2 Å².